The largest absolute Gasteiger partial charge is 0.192 e. The van der Waals surface area contributed by atoms with Gasteiger partial charge in [-0.15, -0.1) is 12.6 Å². The van der Waals surface area contributed by atoms with E-state index in [0.717, 1.165) is 11.1 Å². The molecule has 0 fully saturated rings. The molecule has 0 aliphatic carbocycles. The van der Waals surface area contributed by atoms with Gasteiger partial charge in [-0.05, 0) is 11.5 Å². The highest BCUT2D eigenvalue weighted by Gasteiger charge is 2.11. The van der Waals surface area contributed by atoms with E-state index in [9.17, 15) is 0 Å². The van der Waals surface area contributed by atoms with E-state index in [4.69, 9.17) is 17.5 Å². The second kappa shape index (κ2) is 4.59. The van der Waals surface area contributed by atoms with Crippen molar-refractivity contribution in [2.75, 3.05) is 0 Å². The van der Waals surface area contributed by atoms with E-state index in [1.165, 1.54) is 0 Å². The fraction of sp³-hybridized carbons (Fsp3) is 0.273. The first-order valence-corrected chi connectivity index (χ1v) is 5.19. The van der Waals surface area contributed by atoms with Crippen LogP contribution < -0.4 is 0 Å². The third-order valence-electron chi connectivity index (χ3n) is 2.06. The summed E-state index contributed by atoms with van der Waals surface area (Å²) in [5.41, 5.74) is 2.45. The fourth-order valence-corrected chi connectivity index (χ4v) is 1.71. The first-order valence-electron chi connectivity index (χ1n) is 4.34. The van der Waals surface area contributed by atoms with E-state index >= 15 is 0 Å². The molecule has 1 rings (SSSR count). The quantitative estimate of drug-likeness (QED) is 0.612. The summed E-state index contributed by atoms with van der Waals surface area (Å²) >= 11 is 9.08. The average molecular weight is 221 g/mol. The predicted octanol–water partition coefficient (Wildman–Crippen LogP) is 3.29. The summed E-state index contributed by atoms with van der Waals surface area (Å²) in [6.07, 6.45) is 0. The summed E-state index contributed by atoms with van der Waals surface area (Å²) in [5.74, 6) is 0.326. The molecule has 0 unspecified atom stereocenters. The first kappa shape index (κ1) is 11.2. The maximum atomic E-state index is 9.05. The Morgan fingerprint density at radius 3 is 2.57 bits per heavy atom. The maximum absolute atomic E-state index is 9.05. The van der Waals surface area contributed by atoms with Crippen molar-refractivity contribution >= 4 is 29.0 Å². The summed E-state index contributed by atoms with van der Waals surface area (Å²) in [5, 5.41) is 9.05. The molecule has 0 aliphatic rings. The molecule has 1 aromatic carbocycles. The summed E-state index contributed by atoms with van der Waals surface area (Å²) in [4.78, 5) is 0. The topological polar surface area (TPSA) is 23.8 Å². The maximum Gasteiger partial charge on any atom is 0.100 e. The zero-order valence-electron chi connectivity index (χ0n) is 8.11. The minimum Gasteiger partial charge on any atom is -0.192 e. The lowest BCUT2D eigenvalue weighted by Gasteiger charge is -2.10. The Morgan fingerprint density at radius 2 is 2.14 bits per heavy atom. The number of hydrogen-bond donors (Lipinski definition) is 1. The molecule has 0 amide bonds. The van der Waals surface area contributed by atoms with E-state index in [2.05, 4.69) is 32.5 Å². The second-order valence-electron chi connectivity index (χ2n) is 3.34. The smallest absolute Gasteiger partial charge is 0.100 e. The monoisotopic (exact) mass is 221 g/mol. The first-order chi connectivity index (χ1) is 6.57. The van der Waals surface area contributed by atoms with Crippen molar-refractivity contribution in [1.82, 2.24) is 0 Å². The van der Waals surface area contributed by atoms with Gasteiger partial charge in [0.15, 0.2) is 0 Å². The van der Waals surface area contributed by atoms with Crippen LogP contribution in [0.25, 0.3) is 0 Å². The van der Waals surface area contributed by atoms with Crippen LogP contribution in [-0.2, 0) is 0 Å². The molecular weight excluding hydrogens is 210 g/mol. The van der Waals surface area contributed by atoms with E-state index in [1.54, 1.807) is 0 Å². The molecule has 1 nitrogen and oxygen atoms in total. The summed E-state index contributed by atoms with van der Waals surface area (Å²) < 4.78 is 0.476. The van der Waals surface area contributed by atoms with E-state index in [0.29, 0.717) is 15.7 Å². The van der Waals surface area contributed by atoms with Gasteiger partial charge < -0.3 is 0 Å². The molecular formula is C11H11NS2. The SMILES string of the molecule is CC(C)c1cccc(C(=S)S)c1C#N. The molecule has 3 heteroatoms. The van der Waals surface area contributed by atoms with Crippen LogP contribution in [0, 0.1) is 11.3 Å². The van der Waals surface area contributed by atoms with Gasteiger partial charge in [-0.3, -0.25) is 0 Å². The van der Waals surface area contributed by atoms with Gasteiger partial charge >= 0.3 is 0 Å². The zero-order chi connectivity index (χ0) is 10.7. The van der Waals surface area contributed by atoms with Crippen molar-refractivity contribution in [2.45, 2.75) is 19.8 Å². The molecule has 0 heterocycles. The Kier molecular flexibility index (Phi) is 3.68. The Morgan fingerprint density at radius 1 is 1.50 bits per heavy atom. The van der Waals surface area contributed by atoms with Crippen LogP contribution >= 0.6 is 24.8 Å². The lowest BCUT2D eigenvalue weighted by atomic mass is 9.95. The number of thiol groups is 1. The van der Waals surface area contributed by atoms with Crippen molar-refractivity contribution in [2.24, 2.45) is 0 Å². The number of hydrogen-bond acceptors (Lipinski definition) is 2. The fourth-order valence-electron chi connectivity index (χ4n) is 1.35. The lowest BCUT2D eigenvalue weighted by Crippen LogP contribution is -2.00. The third-order valence-corrected chi connectivity index (χ3v) is 2.52. The normalized spacial score (nSPS) is 9.93. The number of thiocarbonyl (C=S) groups is 1. The third kappa shape index (κ3) is 2.14. The van der Waals surface area contributed by atoms with Crippen LogP contribution in [0.15, 0.2) is 18.2 Å². The van der Waals surface area contributed by atoms with Gasteiger partial charge in [-0.1, -0.05) is 44.3 Å². The Hall–Kier alpha value is -0.850. The molecule has 14 heavy (non-hydrogen) atoms. The summed E-state index contributed by atoms with van der Waals surface area (Å²) in [6, 6.07) is 7.89. The van der Waals surface area contributed by atoms with Gasteiger partial charge in [0.2, 0.25) is 0 Å². The van der Waals surface area contributed by atoms with Crippen LogP contribution in [-0.4, -0.2) is 4.20 Å². The standard InChI is InChI=1S/C11H11NS2/c1-7(2)8-4-3-5-9(11(13)14)10(8)6-12/h3-5,7H,1-2H3,(H,13,14). The minimum absolute atomic E-state index is 0.326. The second-order valence-corrected chi connectivity index (χ2v) is 4.50. The highest BCUT2D eigenvalue weighted by molar-refractivity contribution is 8.11. The molecule has 0 saturated heterocycles. The zero-order valence-corrected chi connectivity index (χ0v) is 9.82. The molecule has 0 aromatic heterocycles. The Labute approximate surface area is 95.2 Å². The lowest BCUT2D eigenvalue weighted by molar-refractivity contribution is 0.862. The van der Waals surface area contributed by atoms with Gasteiger partial charge in [0, 0.05) is 5.56 Å². The molecule has 0 bridgehead atoms. The number of nitrogens with zero attached hydrogens (tertiary/aromatic N) is 1. The van der Waals surface area contributed by atoms with E-state index < -0.39 is 0 Å². The Bertz CT molecular complexity index is 402. The highest BCUT2D eigenvalue weighted by atomic mass is 32.1. The van der Waals surface area contributed by atoms with Gasteiger partial charge in [-0.2, -0.15) is 5.26 Å². The molecule has 0 atom stereocenters. The van der Waals surface area contributed by atoms with E-state index in [-0.39, 0.29) is 0 Å². The van der Waals surface area contributed by atoms with Crippen molar-refractivity contribution in [3.8, 4) is 6.07 Å². The molecule has 0 radical (unpaired) electrons. The van der Waals surface area contributed by atoms with Gasteiger partial charge in [0.05, 0.1) is 9.76 Å². The van der Waals surface area contributed by atoms with Crippen LogP contribution in [0.4, 0.5) is 0 Å². The summed E-state index contributed by atoms with van der Waals surface area (Å²) in [7, 11) is 0. The number of rotatable bonds is 2. The highest BCUT2D eigenvalue weighted by Crippen LogP contribution is 2.23. The predicted molar refractivity (Wildman–Crippen MR) is 65.9 cm³/mol. The molecule has 0 saturated carbocycles. The van der Waals surface area contributed by atoms with Crippen molar-refractivity contribution < 1.29 is 0 Å². The molecule has 72 valence electrons. The molecule has 0 spiro atoms. The van der Waals surface area contributed by atoms with E-state index in [1.807, 2.05) is 18.2 Å². The minimum atomic E-state index is 0.326. The Balaban J connectivity index is 3.42. The molecule has 0 aliphatic heterocycles. The molecule has 0 N–H and O–H groups in total. The summed E-state index contributed by atoms with van der Waals surface area (Å²) in [6.45, 7) is 4.11. The van der Waals surface area contributed by atoms with Crippen molar-refractivity contribution in [3.63, 3.8) is 0 Å². The van der Waals surface area contributed by atoms with Gasteiger partial charge in [0.25, 0.3) is 0 Å². The van der Waals surface area contributed by atoms with Gasteiger partial charge in [-0.25, -0.2) is 0 Å². The molecule has 1 aromatic rings. The van der Waals surface area contributed by atoms with Crippen molar-refractivity contribution in [1.29, 1.82) is 5.26 Å². The number of nitriles is 1. The van der Waals surface area contributed by atoms with Crippen LogP contribution in [0.3, 0.4) is 0 Å². The van der Waals surface area contributed by atoms with Crippen LogP contribution in [0.5, 0.6) is 0 Å². The van der Waals surface area contributed by atoms with Crippen molar-refractivity contribution in [3.05, 3.63) is 34.9 Å². The van der Waals surface area contributed by atoms with Gasteiger partial charge in [0.1, 0.15) is 6.07 Å². The van der Waals surface area contributed by atoms with Crippen LogP contribution in [0.2, 0.25) is 0 Å². The average Bonchev–Trinajstić information content (AvgIpc) is 2.16. The number of benzene rings is 1. The van der Waals surface area contributed by atoms with Crippen LogP contribution in [0.1, 0.15) is 36.5 Å².